The van der Waals surface area contributed by atoms with Crippen molar-refractivity contribution in [3.63, 3.8) is 0 Å². The molecule has 27 nitrogen and oxygen atoms in total. The fourth-order valence-corrected chi connectivity index (χ4v) is 17.3. The van der Waals surface area contributed by atoms with E-state index in [0.29, 0.717) is 31.3 Å². The molecule has 0 bridgehead atoms. The molecule has 0 unspecified atom stereocenters. The molecule has 9 rings (SSSR count). The molecule has 0 aromatic heterocycles. The number of hydrogen-bond donors (Lipinski definition) is 14. The lowest BCUT2D eigenvalue weighted by molar-refractivity contribution is -0.399. The summed E-state index contributed by atoms with van der Waals surface area (Å²) in [6, 6.07) is 0. The third-order valence-electron chi connectivity index (χ3n) is 23.0. The van der Waals surface area contributed by atoms with Crippen molar-refractivity contribution in [2.24, 2.45) is 50.2 Å². The zero-order chi connectivity index (χ0) is 65.7. The number of carboxylic acids is 1. The Bertz CT molecular complexity index is 2660. The summed E-state index contributed by atoms with van der Waals surface area (Å²) in [4.78, 5) is 40.7. The van der Waals surface area contributed by atoms with Crippen molar-refractivity contribution in [1.29, 1.82) is 0 Å². The Labute approximate surface area is 517 Å². The van der Waals surface area contributed by atoms with Gasteiger partial charge in [0.25, 0.3) is 0 Å². The van der Waals surface area contributed by atoms with Crippen LogP contribution in [0.15, 0.2) is 34.9 Å². The lowest BCUT2D eigenvalue weighted by atomic mass is 9.32. The van der Waals surface area contributed by atoms with E-state index in [9.17, 15) is 85.9 Å². The van der Waals surface area contributed by atoms with Gasteiger partial charge in [0.1, 0.15) is 85.5 Å². The molecule has 0 aromatic carbocycles. The van der Waals surface area contributed by atoms with E-state index in [1.807, 2.05) is 34.6 Å². The summed E-state index contributed by atoms with van der Waals surface area (Å²) in [5.74, 6) is -4.23. The van der Waals surface area contributed by atoms with Crippen molar-refractivity contribution in [2.45, 2.75) is 256 Å². The minimum atomic E-state index is -2.24. The number of ether oxygens (including phenoxy) is 10. The molecule has 27 heteroatoms. The van der Waals surface area contributed by atoms with Gasteiger partial charge in [-0.15, -0.1) is 0 Å². The van der Waals surface area contributed by atoms with Crippen LogP contribution >= 0.6 is 0 Å². The fraction of sp³-hybridized carbons (Fsp3) is 0.855. The Morgan fingerprint density at radius 1 is 0.607 bits per heavy atom. The molecule has 30 atom stereocenters. The number of carbonyl (C=O) groups is 3. The molecule has 0 spiro atoms. The largest absolute Gasteiger partial charge is 0.479 e. The first kappa shape index (κ1) is 70.1. The SMILES string of the molecule is C/C=C(\C)C(=O)O[C@H]1[C@H](OC(=O)/C(C)=C/C)[C@]2(CO)[C@H](O)[C@H](O)[C@]3(C)C(=CC[C@@H]4[C@@]5(C)CC[C@H](O[C@H]6O[C@H](C(=O)O)[C@@H](O)[C@H](O[C@@H]7OC[C@H](O)[C@H](O)[C@H]7O[C@@H]7OC[C@@H](O)[C@H](O)[C@H]7O)[C@H]6O[C@@H]6O[C@H](CO)[C@H](O)[C@H](O)[C@H]6O)C(C)(C)[C@@H]5CC[C@]43C)[C@@H]2CC1(C)C. The predicted molar refractivity (Wildman–Crippen MR) is 303 cm³/mol. The number of esters is 2. The highest BCUT2D eigenvalue weighted by Crippen LogP contribution is 2.76. The van der Waals surface area contributed by atoms with Crippen LogP contribution < -0.4 is 0 Å². The molecule has 506 valence electrons. The van der Waals surface area contributed by atoms with E-state index in [1.165, 1.54) is 0 Å². The second-order valence-electron chi connectivity index (χ2n) is 28.4. The maximum atomic E-state index is 13.9. The second kappa shape index (κ2) is 25.8. The van der Waals surface area contributed by atoms with Gasteiger partial charge in [-0.05, 0) is 100 Å². The van der Waals surface area contributed by atoms with Crippen molar-refractivity contribution in [1.82, 2.24) is 0 Å². The molecule has 0 aromatic rings. The summed E-state index contributed by atoms with van der Waals surface area (Å²) in [7, 11) is 0. The van der Waals surface area contributed by atoms with E-state index in [-0.39, 0.29) is 30.3 Å². The van der Waals surface area contributed by atoms with Gasteiger partial charge >= 0.3 is 17.9 Å². The molecule has 4 saturated heterocycles. The first-order valence-corrected chi connectivity index (χ1v) is 31.1. The molecule has 8 fully saturated rings. The highest BCUT2D eigenvalue weighted by atomic mass is 16.8. The molecule has 4 aliphatic heterocycles. The summed E-state index contributed by atoms with van der Waals surface area (Å²) in [5, 5.41) is 157. The fourth-order valence-electron chi connectivity index (χ4n) is 17.3. The standard InChI is InChI=1S/C62H96O27/c1-12-25(3)51(78)88-48-49(89-52(79)26(4)13-2)62(24-64)28(20-57(48,5)6)27-14-15-33-59(9)18-17-34(58(7,8)32(59)16-19-60(33,10)61(27,11)46(74)47(62)75)83-56-45(87-54-40(72)38(70)37(69)31(21-63)82-54)42(41(73)43(85-56)50(76)77)84-55-44(36(68)30(66)23-81-55)86-53-39(71)35(67)29(65)22-80-53/h12-14,28-49,53-56,63-75H,15-24H2,1-11H3,(H,76,77)/b25-12+,26-13+/t28-,29+,30-,31+,32-,33+,34-,35-,36-,37-,38-,39+,40+,41-,42-,43-,44+,45+,46-,47+,48-,49-,53-,54-,55-,56-,59-,60+,61-,62-/m0/s1. The number of carbonyl (C=O) groups excluding carboxylic acids is 2. The Morgan fingerprint density at radius 2 is 1.18 bits per heavy atom. The number of fused-ring (bicyclic) bond motifs is 7. The number of carboxylic acid groups (broad SMARTS) is 1. The molecule has 9 aliphatic rings. The normalized spacial score (nSPS) is 49.8. The third kappa shape index (κ3) is 11.5. The van der Waals surface area contributed by atoms with Gasteiger partial charge in [0.05, 0.1) is 50.2 Å². The van der Waals surface area contributed by atoms with Crippen LogP contribution in [0.2, 0.25) is 0 Å². The lowest BCUT2D eigenvalue weighted by Crippen LogP contribution is -2.76. The van der Waals surface area contributed by atoms with Gasteiger partial charge < -0.3 is 119 Å². The Hall–Kier alpha value is -3.21. The number of allylic oxidation sites excluding steroid dienone is 3. The summed E-state index contributed by atoms with van der Waals surface area (Å²) < 4.78 is 61.2. The maximum absolute atomic E-state index is 13.9. The van der Waals surface area contributed by atoms with Crippen LogP contribution in [0.5, 0.6) is 0 Å². The maximum Gasteiger partial charge on any atom is 0.335 e. The minimum Gasteiger partial charge on any atom is -0.479 e. The molecule has 89 heavy (non-hydrogen) atoms. The molecule has 14 N–H and O–H groups in total. The van der Waals surface area contributed by atoms with Crippen molar-refractivity contribution in [2.75, 3.05) is 26.4 Å². The van der Waals surface area contributed by atoms with Crippen molar-refractivity contribution < 1.29 is 133 Å². The minimum absolute atomic E-state index is 0.197. The zero-order valence-electron chi connectivity index (χ0n) is 52.4. The first-order valence-electron chi connectivity index (χ1n) is 31.1. The van der Waals surface area contributed by atoms with Crippen LogP contribution in [0.3, 0.4) is 0 Å². The Balaban J connectivity index is 1.05. The van der Waals surface area contributed by atoms with Gasteiger partial charge in [0.2, 0.25) is 0 Å². The lowest BCUT2D eigenvalue weighted by Gasteiger charge is -2.73. The summed E-state index contributed by atoms with van der Waals surface area (Å²) in [5.41, 5.74) is -4.71. The van der Waals surface area contributed by atoms with Crippen LogP contribution in [0.1, 0.15) is 115 Å². The zero-order valence-corrected chi connectivity index (χ0v) is 52.4. The van der Waals surface area contributed by atoms with Gasteiger partial charge in [-0.3, -0.25) is 0 Å². The number of aliphatic hydroxyl groups excluding tert-OH is 13. The van der Waals surface area contributed by atoms with Gasteiger partial charge in [-0.2, -0.15) is 0 Å². The molecular weight excluding hydrogens is 1180 g/mol. The second-order valence-corrected chi connectivity index (χ2v) is 28.4. The van der Waals surface area contributed by atoms with Crippen molar-refractivity contribution in [3.05, 3.63) is 34.9 Å². The van der Waals surface area contributed by atoms with Crippen LogP contribution in [0.4, 0.5) is 0 Å². The van der Waals surface area contributed by atoms with Gasteiger partial charge in [0.15, 0.2) is 37.4 Å². The first-order chi connectivity index (χ1) is 41.6. The number of hydrogen-bond acceptors (Lipinski definition) is 26. The quantitative estimate of drug-likeness (QED) is 0.0393. The van der Waals surface area contributed by atoms with Crippen molar-refractivity contribution in [3.8, 4) is 0 Å². The molecule has 0 radical (unpaired) electrons. The third-order valence-corrected chi connectivity index (χ3v) is 23.0. The predicted octanol–water partition coefficient (Wildman–Crippen LogP) is -1.27. The van der Waals surface area contributed by atoms with Gasteiger partial charge in [0, 0.05) is 22.0 Å². The Kier molecular flexibility index (Phi) is 20.4. The Morgan fingerprint density at radius 3 is 1.78 bits per heavy atom. The van der Waals surface area contributed by atoms with Crippen LogP contribution in [-0.4, -0.2) is 257 Å². The smallest absolute Gasteiger partial charge is 0.335 e. The van der Waals surface area contributed by atoms with Crippen LogP contribution in [0, 0.1) is 50.2 Å². The highest BCUT2D eigenvalue weighted by Gasteiger charge is 2.76. The summed E-state index contributed by atoms with van der Waals surface area (Å²) in [6.45, 7) is 17.7. The molecule has 5 aliphatic carbocycles. The van der Waals surface area contributed by atoms with Crippen LogP contribution in [-0.2, 0) is 61.8 Å². The summed E-state index contributed by atoms with van der Waals surface area (Å²) >= 11 is 0. The monoisotopic (exact) mass is 1270 g/mol. The average molecular weight is 1270 g/mol. The van der Waals surface area contributed by atoms with E-state index in [0.717, 1.165) is 5.57 Å². The topological polar surface area (TPSA) is 427 Å². The van der Waals surface area contributed by atoms with Gasteiger partial charge in [-0.25, -0.2) is 14.4 Å². The van der Waals surface area contributed by atoms with Gasteiger partial charge in [-0.1, -0.05) is 72.3 Å². The molecular formula is C62H96O27. The molecule has 4 heterocycles. The van der Waals surface area contributed by atoms with E-state index < -0.39 is 224 Å². The summed E-state index contributed by atoms with van der Waals surface area (Å²) in [6.07, 6.45) is -33.0. The van der Waals surface area contributed by atoms with E-state index >= 15 is 0 Å². The van der Waals surface area contributed by atoms with Crippen LogP contribution in [0.25, 0.3) is 0 Å². The molecule has 4 saturated carbocycles. The van der Waals surface area contributed by atoms with E-state index in [1.54, 1.807) is 39.8 Å². The number of rotatable bonds is 15. The van der Waals surface area contributed by atoms with E-state index in [2.05, 4.69) is 19.9 Å². The van der Waals surface area contributed by atoms with Crippen molar-refractivity contribution >= 4 is 17.9 Å². The highest BCUT2D eigenvalue weighted by molar-refractivity contribution is 5.89. The number of aliphatic hydroxyl groups is 13. The average Bonchev–Trinajstić information content (AvgIpc) is 0.667. The van der Waals surface area contributed by atoms with E-state index in [4.69, 9.17) is 47.4 Å². The molecule has 0 amide bonds. The number of aliphatic carboxylic acids is 1.